The summed E-state index contributed by atoms with van der Waals surface area (Å²) in [4.78, 5) is 19.7. The summed E-state index contributed by atoms with van der Waals surface area (Å²) in [6, 6.07) is 0.186. The van der Waals surface area contributed by atoms with Gasteiger partial charge in [-0.25, -0.2) is 0 Å². The quantitative estimate of drug-likeness (QED) is 0.234. The van der Waals surface area contributed by atoms with Crippen LogP contribution < -0.4 is 5.73 Å². The lowest BCUT2D eigenvalue weighted by molar-refractivity contribution is -0.890. The van der Waals surface area contributed by atoms with Crippen molar-refractivity contribution in [1.82, 2.24) is 0 Å². The van der Waals surface area contributed by atoms with Crippen LogP contribution in [0.2, 0.25) is 6.04 Å². The lowest BCUT2D eigenvalue weighted by atomic mass is 10.1. The Kier molecular flexibility index (Phi) is 8.37. The molecule has 0 aromatic carbocycles. The van der Waals surface area contributed by atoms with Gasteiger partial charge < -0.3 is 34.4 Å². The molecule has 0 radical (unpaired) electrons. The Labute approximate surface area is 122 Å². The predicted molar refractivity (Wildman–Crippen MR) is 78.8 cm³/mol. The maximum absolute atomic E-state index is 9.84. The van der Waals surface area contributed by atoms with Crippen molar-refractivity contribution in [2.24, 2.45) is 5.73 Å². The molecule has 0 saturated carbocycles. The molecule has 122 valence electrons. The largest absolute Gasteiger partial charge is 0.495 e. The SMILES string of the molecule is CCC[N+](C)(C)CCC[Si](O)(O)OCC(N)(CO)CO. The van der Waals surface area contributed by atoms with Crippen LogP contribution in [0.1, 0.15) is 19.8 Å². The molecule has 0 aliphatic heterocycles. The molecule has 0 atom stereocenters. The van der Waals surface area contributed by atoms with Gasteiger partial charge in [-0.15, -0.1) is 0 Å². The number of nitrogens with zero attached hydrogens (tertiary/aromatic N) is 1. The minimum absolute atomic E-state index is 0.186. The first-order valence-electron chi connectivity index (χ1n) is 7.01. The van der Waals surface area contributed by atoms with Crippen molar-refractivity contribution in [1.29, 1.82) is 0 Å². The summed E-state index contributed by atoms with van der Waals surface area (Å²) in [6.45, 7) is 2.76. The molecule has 20 heavy (non-hydrogen) atoms. The summed E-state index contributed by atoms with van der Waals surface area (Å²) >= 11 is 0. The molecule has 7 nitrogen and oxygen atoms in total. The number of rotatable bonds is 11. The van der Waals surface area contributed by atoms with Gasteiger partial charge in [0.15, 0.2) is 0 Å². The Morgan fingerprint density at radius 3 is 2.15 bits per heavy atom. The van der Waals surface area contributed by atoms with E-state index in [-0.39, 0.29) is 12.7 Å². The number of hydrogen-bond donors (Lipinski definition) is 5. The van der Waals surface area contributed by atoms with Gasteiger partial charge in [-0.05, 0) is 6.42 Å². The van der Waals surface area contributed by atoms with Gasteiger partial charge in [-0.3, -0.25) is 0 Å². The van der Waals surface area contributed by atoms with Crippen molar-refractivity contribution in [3.05, 3.63) is 0 Å². The Hall–Kier alpha value is -0.0631. The van der Waals surface area contributed by atoms with Crippen LogP contribution in [0.15, 0.2) is 0 Å². The molecule has 0 fully saturated rings. The third-order valence-corrected chi connectivity index (χ3v) is 4.93. The van der Waals surface area contributed by atoms with Gasteiger partial charge in [0.05, 0.1) is 52.5 Å². The molecular formula is C12H31N2O5Si+. The Bertz CT molecular complexity index is 273. The van der Waals surface area contributed by atoms with Crippen LogP contribution >= 0.6 is 0 Å². The summed E-state index contributed by atoms with van der Waals surface area (Å²) < 4.78 is 5.88. The highest BCUT2D eigenvalue weighted by molar-refractivity contribution is 6.57. The van der Waals surface area contributed by atoms with E-state index < -0.39 is 27.6 Å². The number of aliphatic hydroxyl groups is 2. The van der Waals surface area contributed by atoms with Gasteiger partial charge in [0.25, 0.3) is 0 Å². The van der Waals surface area contributed by atoms with Crippen LogP contribution in [0.4, 0.5) is 0 Å². The third kappa shape index (κ3) is 8.27. The van der Waals surface area contributed by atoms with Gasteiger partial charge in [0, 0.05) is 12.5 Å². The summed E-state index contributed by atoms with van der Waals surface area (Å²) in [6.07, 6.45) is 1.72. The van der Waals surface area contributed by atoms with E-state index in [0.717, 1.165) is 24.0 Å². The van der Waals surface area contributed by atoms with E-state index in [2.05, 4.69) is 21.0 Å². The smallest absolute Gasteiger partial charge is 0.394 e. The van der Waals surface area contributed by atoms with Crippen LogP contribution in [-0.4, -0.2) is 85.6 Å². The van der Waals surface area contributed by atoms with Crippen LogP contribution in [0.25, 0.3) is 0 Å². The fourth-order valence-electron chi connectivity index (χ4n) is 1.93. The molecule has 0 saturated heterocycles. The van der Waals surface area contributed by atoms with Crippen molar-refractivity contribution in [2.45, 2.75) is 31.3 Å². The van der Waals surface area contributed by atoms with Gasteiger partial charge in [0.1, 0.15) is 0 Å². The van der Waals surface area contributed by atoms with Gasteiger partial charge in [-0.2, -0.15) is 0 Å². The average molecular weight is 311 g/mol. The zero-order valence-corrected chi connectivity index (χ0v) is 13.9. The Morgan fingerprint density at radius 1 is 1.15 bits per heavy atom. The number of quaternary nitrogens is 1. The van der Waals surface area contributed by atoms with Gasteiger partial charge in [0.2, 0.25) is 0 Å². The minimum atomic E-state index is -3.78. The molecule has 0 amide bonds. The lowest BCUT2D eigenvalue weighted by Gasteiger charge is -2.31. The summed E-state index contributed by atoms with van der Waals surface area (Å²) in [5, 5.41) is 18.0. The van der Waals surface area contributed by atoms with Gasteiger partial charge >= 0.3 is 8.80 Å². The molecule has 0 spiro atoms. The molecule has 0 heterocycles. The van der Waals surface area contributed by atoms with Crippen molar-refractivity contribution in [2.75, 3.05) is 47.0 Å². The molecular weight excluding hydrogens is 280 g/mol. The molecule has 0 bridgehead atoms. The molecule has 0 aliphatic rings. The summed E-state index contributed by atoms with van der Waals surface area (Å²) in [5.74, 6) is 0. The number of aliphatic hydroxyl groups excluding tert-OH is 2. The zero-order valence-electron chi connectivity index (χ0n) is 12.9. The maximum Gasteiger partial charge on any atom is 0.495 e. The van der Waals surface area contributed by atoms with E-state index in [1.165, 1.54) is 0 Å². The number of nitrogens with two attached hydrogens (primary N) is 1. The average Bonchev–Trinajstić information content (AvgIpc) is 2.35. The first-order valence-corrected chi connectivity index (χ1v) is 9.02. The second-order valence-corrected chi connectivity index (χ2v) is 8.47. The normalized spacial score (nSPS) is 13.8. The molecule has 0 aliphatic carbocycles. The van der Waals surface area contributed by atoms with E-state index in [4.69, 9.17) is 20.4 Å². The highest BCUT2D eigenvalue weighted by Gasteiger charge is 2.36. The fraction of sp³-hybridized carbons (Fsp3) is 1.00. The van der Waals surface area contributed by atoms with Crippen molar-refractivity contribution in [3.63, 3.8) is 0 Å². The first kappa shape index (κ1) is 19.9. The van der Waals surface area contributed by atoms with E-state index in [9.17, 15) is 9.59 Å². The van der Waals surface area contributed by atoms with Crippen molar-refractivity contribution < 1.29 is 28.7 Å². The molecule has 0 unspecified atom stereocenters. The molecule has 8 heteroatoms. The first-order chi connectivity index (χ1) is 9.10. The van der Waals surface area contributed by atoms with E-state index in [1.54, 1.807) is 0 Å². The van der Waals surface area contributed by atoms with Crippen LogP contribution in [0.5, 0.6) is 0 Å². The summed E-state index contributed by atoms with van der Waals surface area (Å²) in [7, 11) is 0.423. The van der Waals surface area contributed by atoms with E-state index in [1.807, 2.05) is 0 Å². The van der Waals surface area contributed by atoms with Crippen molar-refractivity contribution >= 4 is 8.80 Å². The molecule has 0 aromatic rings. The molecule has 6 N–H and O–H groups in total. The summed E-state index contributed by atoms with van der Waals surface area (Å²) in [5.41, 5.74) is 4.28. The minimum Gasteiger partial charge on any atom is -0.394 e. The van der Waals surface area contributed by atoms with E-state index in [0.29, 0.717) is 6.42 Å². The van der Waals surface area contributed by atoms with Crippen LogP contribution in [0, 0.1) is 0 Å². The monoisotopic (exact) mass is 311 g/mol. The Balaban J connectivity index is 4.13. The highest BCUT2D eigenvalue weighted by Crippen LogP contribution is 2.13. The Morgan fingerprint density at radius 2 is 1.70 bits per heavy atom. The number of hydrogen-bond acceptors (Lipinski definition) is 6. The van der Waals surface area contributed by atoms with Crippen LogP contribution in [-0.2, 0) is 4.43 Å². The second-order valence-electron chi connectivity index (χ2n) is 6.20. The zero-order chi connectivity index (χ0) is 15.9. The lowest BCUT2D eigenvalue weighted by Crippen LogP contribution is -2.55. The third-order valence-electron chi connectivity index (χ3n) is 3.32. The fourth-order valence-corrected chi connectivity index (χ4v) is 3.21. The second kappa shape index (κ2) is 8.40. The predicted octanol–water partition coefficient (Wildman–Crippen LogP) is -1.51. The highest BCUT2D eigenvalue weighted by atomic mass is 28.4. The van der Waals surface area contributed by atoms with Crippen molar-refractivity contribution in [3.8, 4) is 0 Å². The van der Waals surface area contributed by atoms with Crippen LogP contribution in [0.3, 0.4) is 0 Å². The van der Waals surface area contributed by atoms with Gasteiger partial charge in [-0.1, -0.05) is 6.92 Å². The van der Waals surface area contributed by atoms with E-state index >= 15 is 0 Å². The maximum atomic E-state index is 9.84. The molecule has 0 aromatic heterocycles. The molecule has 0 rings (SSSR count). The standard InChI is InChI=1S/C12H31N2O5Si/c1-4-6-14(2,3)7-5-8-20(17,18)19-11-12(13,9-15)10-16/h15-18H,4-11,13H2,1-3H3/q+1. The topological polar surface area (TPSA) is 116 Å².